The monoisotopic (exact) mass is 462 g/mol. The van der Waals surface area contributed by atoms with Crippen LogP contribution in [-0.2, 0) is 30.8 Å². The van der Waals surface area contributed by atoms with Gasteiger partial charge in [0.1, 0.15) is 12.4 Å². The van der Waals surface area contributed by atoms with Crippen LogP contribution in [0.5, 0.6) is 0 Å². The van der Waals surface area contributed by atoms with Crippen molar-refractivity contribution in [1.82, 2.24) is 19.3 Å². The molecular formula is C20H26N6O5S. The summed E-state index contributed by atoms with van der Waals surface area (Å²) in [6.45, 7) is 1.50. The Balaban J connectivity index is 1.94. The first-order valence-electron chi connectivity index (χ1n) is 10.1. The lowest BCUT2D eigenvalue weighted by Gasteiger charge is -2.32. The van der Waals surface area contributed by atoms with Crippen LogP contribution in [0.3, 0.4) is 0 Å². The number of sulfonamides is 1. The molecule has 2 aromatic rings. The summed E-state index contributed by atoms with van der Waals surface area (Å²) < 4.78 is 28.6. The van der Waals surface area contributed by atoms with Crippen molar-refractivity contribution in [3.8, 4) is 0 Å². The highest BCUT2D eigenvalue weighted by Crippen LogP contribution is 2.18. The molecule has 3 rings (SSSR count). The first-order chi connectivity index (χ1) is 15.2. The van der Waals surface area contributed by atoms with Crippen molar-refractivity contribution in [2.45, 2.75) is 19.4 Å². The summed E-state index contributed by atoms with van der Waals surface area (Å²) in [6, 6.07) is 7.94. The second-order valence-electron chi connectivity index (χ2n) is 7.55. The van der Waals surface area contributed by atoms with Crippen LogP contribution in [0, 0.1) is 5.92 Å². The largest absolute Gasteiger partial charge is 0.368 e. The molecule has 0 saturated carbocycles. The Bertz CT molecular complexity index is 1060. The molecule has 32 heavy (non-hydrogen) atoms. The van der Waals surface area contributed by atoms with Gasteiger partial charge in [-0.3, -0.25) is 14.4 Å². The molecule has 2 unspecified atom stereocenters. The molecule has 1 fully saturated rings. The van der Waals surface area contributed by atoms with Crippen LogP contribution in [0.2, 0.25) is 0 Å². The van der Waals surface area contributed by atoms with Gasteiger partial charge in [0.15, 0.2) is 0 Å². The molecule has 1 saturated heterocycles. The van der Waals surface area contributed by atoms with E-state index in [0.29, 0.717) is 0 Å². The molecule has 11 nitrogen and oxygen atoms in total. The van der Waals surface area contributed by atoms with Crippen molar-refractivity contribution in [3.05, 3.63) is 54.6 Å². The van der Waals surface area contributed by atoms with Crippen LogP contribution in [0.15, 0.2) is 49.1 Å². The number of amides is 3. The van der Waals surface area contributed by atoms with Gasteiger partial charge in [-0.25, -0.2) is 23.1 Å². The Hall–Kier alpha value is -3.25. The molecular weight excluding hydrogens is 436 g/mol. The van der Waals surface area contributed by atoms with E-state index in [1.165, 1.54) is 30.3 Å². The standard InChI is InChI=1S/C20H26N6O5S/c1-15(19(21)28)26(24-9-7-22-14-24)20(29)17(11-16-5-3-2-4-6-16)13-32(30,31)25-10-8-23-18(27)12-25/h2-7,9,14-15,17H,8,10-13H2,1H3,(H2,21,28)(H,23,27). The summed E-state index contributed by atoms with van der Waals surface area (Å²) in [5.41, 5.74) is 6.21. The second kappa shape index (κ2) is 9.92. The van der Waals surface area contributed by atoms with Crippen LogP contribution in [0.1, 0.15) is 12.5 Å². The molecule has 3 N–H and O–H groups in total. The summed E-state index contributed by atoms with van der Waals surface area (Å²) in [5.74, 6) is -3.29. The maximum absolute atomic E-state index is 13.6. The molecule has 0 radical (unpaired) electrons. The minimum atomic E-state index is -3.94. The topological polar surface area (TPSA) is 148 Å². The lowest BCUT2D eigenvalue weighted by atomic mass is 9.99. The van der Waals surface area contributed by atoms with Gasteiger partial charge in [0, 0.05) is 25.5 Å². The lowest BCUT2D eigenvalue weighted by molar-refractivity contribution is -0.128. The smallest absolute Gasteiger partial charge is 0.246 e. The van der Waals surface area contributed by atoms with Gasteiger partial charge in [0.05, 0.1) is 18.2 Å². The van der Waals surface area contributed by atoms with Gasteiger partial charge in [-0.15, -0.1) is 0 Å². The quantitative estimate of drug-likeness (QED) is 0.480. The van der Waals surface area contributed by atoms with Gasteiger partial charge in [0.25, 0.3) is 0 Å². The van der Waals surface area contributed by atoms with E-state index >= 15 is 0 Å². The number of nitrogens with one attached hydrogen (secondary N) is 1. The van der Waals surface area contributed by atoms with Crippen molar-refractivity contribution in [1.29, 1.82) is 0 Å². The molecule has 12 heteroatoms. The Morgan fingerprint density at radius 1 is 1.28 bits per heavy atom. The van der Waals surface area contributed by atoms with Crippen molar-refractivity contribution in [2.75, 3.05) is 30.4 Å². The van der Waals surface area contributed by atoms with Gasteiger partial charge in [0.2, 0.25) is 27.7 Å². The van der Waals surface area contributed by atoms with Gasteiger partial charge in [-0.2, -0.15) is 4.31 Å². The maximum Gasteiger partial charge on any atom is 0.246 e. The molecule has 2 heterocycles. The van der Waals surface area contributed by atoms with Crippen molar-refractivity contribution >= 4 is 27.7 Å². The molecule has 1 aromatic carbocycles. The number of primary amides is 1. The highest BCUT2D eigenvalue weighted by Gasteiger charge is 2.37. The fourth-order valence-corrected chi connectivity index (χ4v) is 5.18. The Kier molecular flexibility index (Phi) is 7.26. The maximum atomic E-state index is 13.6. The minimum Gasteiger partial charge on any atom is -0.368 e. The summed E-state index contributed by atoms with van der Waals surface area (Å²) in [7, 11) is -3.94. The number of nitrogens with zero attached hydrogens (tertiary/aromatic N) is 4. The summed E-state index contributed by atoms with van der Waals surface area (Å²) in [5, 5.41) is 3.69. The third-order valence-corrected chi connectivity index (χ3v) is 7.15. The van der Waals surface area contributed by atoms with Crippen molar-refractivity contribution < 1.29 is 22.8 Å². The highest BCUT2D eigenvalue weighted by molar-refractivity contribution is 7.89. The molecule has 2 atom stereocenters. The number of aromatic nitrogens is 2. The number of hydrogen-bond donors (Lipinski definition) is 2. The van der Waals surface area contributed by atoms with E-state index in [-0.39, 0.29) is 26.1 Å². The van der Waals surface area contributed by atoms with Crippen LogP contribution in [0.4, 0.5) is 0 Å². The number of carbonyl (C=O) groups excluding carboxylic acids is 3. The number of imidazole rings is 1. The zero-order valence-electron chi connectivity index (χ0n) is 17.6. The normalized spacial score (nSPS) is 16.7. The van der Waals surface area contributed by atoms with E-state index in [0.717, 1.165) is 14.9 Å². The molecule has 0 bridgehead atoms. The molecule has 1 aromatic heterocycles. The second-order valence-corrected chi connectivity index (χ2v) is 9.57. The SMILES string of the molecule is CC(C(N)=O)N(C(=O)C(Cc1ccccc1)CS(=O)(=O)N1CCNC(=O)C1)n1ccnc1. The molecule has 172 valence electrons. The fourth-order valence-electron chi connectivity index (χ4n) is 3.52. The number of rotatable bonds is 9. The van der Waals surface area contributed by atoms with Crippen molar-refractivity contribution in [3.63, 3.8) is 0 Å². The van der Waals surface area contributed by atoms with Crippen molar-refractivity contribution in [2.24, 2.45) is 11.7 Å². The van der Waals surface area contributed by atoms with E-state index in [2.05, 4.69) is 10.3 Å². The zero-order chi connectivity index (χ0) is 23.3. The number of piperazine rings is 1. The van der Waals surface area contributed by atoms with E-state index < -0.39 is 45.5 Å². The first-order valence-corrected chi connectivity index (χ1v) is 11.7. The minimum absolute atomic E-state index is 0.121. The van der Waals surface area contributed by atoms with E-state index in [9.17, 15) is 22.8 Å². The molecule has 0 aliphatic carbocycles. The lowest BCUT2D eigenvalue weighted by Crippen LogP contribution is -2.56. The average molecular weight is 463 g/mol. The highest BCUT2D eigenvalue weighted by atomic mass is 32.2. The fraction of sp³-hybridized carbons (Fsp3) is 0.400. The Morgan fingerprint density at radius 2 is 2.00 bits per heavy atom. The average Bonchev–Trinajstić information content (AvgIpc) is 3.28. The predicted octanol–water partition coefficient (Wildman–Crippen LogP) is -1.16. The Morgan fingerprint density at radius 3 is 2.59 bits per heavy atom. The molecule has 1 aliphatic rings. The van der Waals surface area contributed by atoms with E-state index in [1.807, 2.05) is 6.07 Å². The van der Waals surface area contributed by atoms with Crippen LogP contribution < -0.4 is 16.1 Å². The summed E-state index contributed by atoms with van der Waals surface area (Å²) in [6.07, 6.45) is 4.36. The van der Waals surface area contributed by atoms with Gasteiger partial charge < -0.3 is 11.1 Å². The number of nitrogens with two attached hydrogens (primary N) is 1. The number of carbonyl (C=O) groups is 3. The zero-order valence-corrected chi connectivity index (χ0v) is 18.4. The number of hydrogen-bond acceptors (Lipinski definition) is 6. The summed E-state index contributed by atoms with van der Waals surface area (Å²) >= 11 is 0. The predicted molar refractivity (Wildman–Crippen MR) is 116 cm³/mol. The third-order valence-electron chi connectivity index (χ3n) is 5.23. The van der Waals surface area contributed by atoms with Gasteiger partial charge >= 0.3 is 0 Å². The van der Waals surface area contributed by atoms with Gasteiger partial charge in [-0.05, 0) is 18.9 Å². The van der Waals surface area contributed by atoms with Gasteiger partial charge in [-0.1, -0.05) is 30.3 Å². The van der Waals surface area contributed by atoms with E-state index in [4.69, 9.17) is 5.73 Å². The molecule has 0 spiro atoms. The van der Waals surface area contributed by atoms with Crippen LogP contribution >= 0.6 is 0 Å². The van der Waals surface area contributed by atoms with Crippen LogP contribution in [0.25, 0.3) is 0 Å². The van der Waals surface area contributed by atoms with Crippen LogP contribution in [-0.4, -0.2) is 71.5 Å². The summed E-state index contributed by atoms with van der Waals surface area (Å²) in [4.78, 5) is 41.2. The third kappa shape index (κ3) is 5.51. The first kappa shape index (κ1) is 23.4. The van der Waals surface area contributed by atoms with E-state index in [1.54, 1.807) is 24.3 Å². The molecule has 3 amide bonds. The number of benzene rings is 1. The molecule has 1 aliphatic heterocycles. The Labute approximate surface area is 186 Å².